The van der Waals surface area contributed by atoms with Crippen molar-refractivity contribution in [2.24, 2.45) is 5.16 Å². The molecule has 0 aliphatic carbocycles. The van der Waals surface area contributed by atoms with E-state index in [1.54, 1.807) is 0 Å². The van der Waals surface area contributed by atoms with Crippen LogP contribution in [0.4, 0.5) is 5.13 Å². The lowest BCUT2D eigenvalue weighted by Gasteiger charge is -1.97. The van der Waals surface area contributed by atoms with Gasteiger partial charge in [0, 0.05) is 11.5 Å². The monoisotopic (exact) mass is 230 g/mol. The summed E-state index contributed by atoms with van der Waals surface area (Å²) in [5.41, 5.74) is 4.99. The van der Waals surface area contributed by atoms with Gasteiger partial charge in [-0.25, -0.2) is 4.79 Å². The standard InChI is InChI=1S/C7H10N4O3S/c1-2-3-14-10-4(6(12)13)5-9-7(8)15-11-5/h2-3H2,1H3,(H,12,13)(H2,8,9,11). The van der Waals surface area contributed by atoms with Gasteiger partial charge in [-0.05, 0) is 6.42 Å². The number of hydrogen-bond acceptors (Lipinski definition) is 7. The van der Waals surface area contributed by atoms with Crippen molar-refractivity contribution in [1.29, 1.82) is 0 Å². The van der Waals surface area contributed by atoms with Crippen LogP contribution in [-0.2, 0) is 9.63 Å². The van der Waals surface area contributed by atoms with Gasteiger partial charge in [0.25, 0.3) is 0 Å². The van der Waals surface area contributed by atoms with Gasteiger partial charge >= 0.3 is 5.97 Å². The van der Waals surface area contributed by atoms with E-state index in [0.29, 0.717) is 6.61 Å². The Labute approximate surface area is 89.7 Å². The first-order valence-electron chi connectivity index (χ1n) is 4.18. The molecule has 0 aromatic carbocycles. The van der Waals surface area contributed by atoms with E-state index in [9.17, 15) is 4.79 Å². The van der Waals surface area contributed by atoms with Gasteiger partial charge in [0.1, 0.15) is 6.61 Å². The summed E-state index contributed by atoms with van der Waals surface area (Å²) >= 11 is 0.906. The maximum absolute atomic E-state index is 10.8. The Hall–Kier alpha value is -1.70. The van der Waals surface area contributed by atoms with Gasteiger partial charge in [-0.3, -0.25) is 0 Å². The average molecular weight is 230 g/mol. The number of aromatic nitrogens is 2. The molecule has 7 nitrogen and oxygen atoms in total. The molecule has 82 valence electrons. The molecule has 0 spiro atoms. The molecular formula is C7H10N4O3S. The average Bonchev–Trinajstić information content (AvgIpc) is 2.59. The van der Waals surface area contributed by atoms with E-state index in [-0.39, 0.29) is 16.7 Å². The number of carbonyl (C=O) groups is 1. The number of nitrogen functional groups attached to an aromatic ring is 1. The van der Waals surface area contributed by atoms with Crippen molar-refractivity contribution >= 4 is 28.3 Å². The first kappa shape index (κ1) is 11.4. The zero-order valence-electron chi connectivity index (χ0n) is 8.01. The largest absolute Gasteiger partial charge is 0.476 e. The van der Waals surface area contributed by atoms with Crippen molar-refractivity contribution in [3.05, 3.63) is 5.82 Å². The summed E-state index contributed by atoms with van der Waals surface area (Å²) < 4.78 is 3.73. The molecule has 0 atom stereocenters. The third-order valence-corrected chi connectivity index (χ3v) is 1.85. The van der Waals surface area contributed by atoms with E-state index < -0.39 is 5.97 Å². The van der Waals surface area contributed by atoms with E-state index in [4.69, 9.17) is 15.7 Å². The number of rotatable bonds is 5. The molecular weight excluding hydrogens is 220 g/mol. The normalized spacial score (nSPS) is 11.4. The zero-order valence-corrected chi connectivity index (χ0v) is 8.82. The highest BCUT2D eigenvalue weighted by molar-refractivity contribution is 7.09. The zero-order chi connectivity index (χ0) is 11.3. The van der Waals surface area contributed by atoms with Crippen molar-refractivity contribution in [2.45, 2.75) is 13.3 Å². The predicted molar refractivity (Wildman–Crippen MR) is 54.7 cm³/mol. The third-order valence-electron chi connectivity index (χ3n) is 1.31. The van der Waals surface area contributed by atoms with Crippen LogP contribution in [-0.4, -0.2) is 32.8 Å². The molecule has 0 aliphatic heterocycles. The maximum atomic E-state index is 10.8. The predicted octanol–water partition coefficient (Wildman–Crippen LogP) is 0.336. The number of oxime groups is 1. The lowest BCUT2D eigenvalue weighted by atomic mass is 10.4. The minimum Gasteiger partial charge on any atom is -0.476 e. The maximum Gasteiger partial charge on any atom is 0.362 e. The quantitative estimate of drug-likeness (QED) is 0.428. The van der Waals surface area contributed by atoms with E-state index in [2.05, 4.69) is 14.5 Å². The molecule has 0 unspecified atom stereocenters. The summed E-state index contributed by atoms with van der Waals surface area (Å²) in [6.45, 7) is 2.23. The Kier molecular flexibility index (Phi) is 3.98. The Balaban J connectivity index is 2.83. The third kappa shape index (κ3) is 3.17. The van der Waals surface area contributed by atoms with Crippen LogP contribution in [0.5, 0.6) is 0 Å². The van der Waals surface area contributed by atoms with Crippen LogP contribution < -0.4 is 5.73 Å². The number of anilines is 1. The highest BCUT2D eigenvalue weighted by atomic mass is 32.1. The molecule has 0 saturated carbocycles. The fourth-order valence-electron chi connectivity index (χ4n) is 0.708. The number of nitrogens with two attached hydrogens (primary N) is 1. The van der Waals surface area contributed by atoms with Crippen LogP contribution in [0, 0.1) is 0 Å². The Morgan fingerprint density at radius 3 is 2.93 bits per heavy atom. The summed E-state index contributed by atoms with van der Waals surface area (Å²) in [7, 11) is 0. The molecule has 0 amide bonds. The highest BCUT2D eigenvalue weighted by Crippen LogP contribution is 2.07. The smallest absolute Gasteiger partial charge is 0.362 e. The second-order valence-corrected chi connectivity index (χ2v) is 3.32. The Bertz CT molecular complexity index is 376. The Morgan fingerprint density at radius 1 is 1.73 bits per heavy atom. The van der Waals surface area contributed by atoms with Crippen molar-refractivity contribution in [2.75, 3.05) is 12.3 Å². The molecule has 0 fully saturated rings. The SMILES string of the molecule is CCCON=C(C(=O)O)c1nsc(N)n1. The lowest BCUT2D eigenvalue weighted by Crippen LogP contribution is -2.17. The molecule has 1 rings (SSSR count). The number of hydrogen-bond donors (Lipinski definition) is 2. The number of carboxylic acid groups (broad SMARTS) is 1. The molecule has 8 heteroatoms. The number of carboxylic acids is 1. The van der Waals surface area contributed by atoms with Gasteiger partial charge in [0.2, 0.25) is 11.5 Å². The van der Waals surface area contributed by atoms with E-state index >= 15 is 0 Å². The molecule has 0 saturated heterocycles. The molecule has 3 N–H and O–H groups in total. The minimum absolute atomic E-state index is 0.0268. The highest BCUT2D eigenvalue weighted by Gasteiger charge is 2.18. The molecule has 1 heterocycles. The van der Waals surface area contributed by atoms with Gasteiger partial charge < -0.3 is 15.7 Å². The van der Waals surface area contributed by atoms with E-state index in [0.717, 1.165) is 18.0 Å². The molecule has 0 radical (unpaired) electrons. The van der Waals surface area contributed by atoms with Gasteiger partial charge in [-0.2, -0.15) is 9.36 Å². The first-order valence-corrected chi connectivity index (χ1v) is 4.95. The van der Waals surface area contributed by atoms with Gasteiger partial charge in [0.05, 0.1) is 0 Å². The molecule has 1 aromatic heterocycles. The summed E-state index contributed by atoms with van der Waals surface area (Å²) in [4.78, 5) is 19.2. The van der Waals surface area contributed by atoms with Crippen LogP contribution >= 0.6 is 11.5 Å². The number of nitrogens with zero attached hydrogens (tertiary/aromatic N) is 3. The summed E-state index contributed by atoms with van der Waals surface area (Å²) in [6.07, 6.45) is 0.739. The van der Waals surface area contributed by atoms with Crippen LogP contribution in [0.2, 0.25) is 0 Å². The topological polar surface area (TPSA) is 111 Å². The van der Waals surface area contributed by atoms with Crippen molar-refractivity contribution in [3.8, 4) is 0 Å². The van der Waals surface area contributed by atoms with Crippen LogP contribution in [0.15, 0.2) is 5.16 Å². The van der Waals surface area contributed by atoms with Crippen LogP contribution in [0.25, 0.3) is 0 Å². The summed E-state index contributed by atoms with van der Waals surface area (Å²) in [5, 5.41) is 12.4. The molecule has 15 heavy (non-hydrogen) atoms. The minimum atomic E-state index is -1.25. The second-order valence-electron chi connectivity index (χ2n) is 2.53. The van der Waals surface area contributed by atoms with E-state index in [1.165, 1.54) is 0 Å². The van der Waals surface area contributed by atoms with Gasteiger partial charge in [0.15, 0.2) is 5.13 Å². The molecule has 0 aliphatic rings. The van der Waals surface area contributed by atoms with Crippen LogP contribution in [0.3, 0.4) is 0 Å². The molecule has 0 bridgehead atoms. The van der Waals surface area contributed by atoms with Crippen molar-refractivity contribution < 1.29 is 14.7 Å². The summed E-state index contributed by atoms with van der Waals surface area (Å²) in [6, 6.07) is 0. The van der Waals surface area contributed by atoms with Crippen molar-refractivity contribution in [1.82, 2.24) is 9.36 Å². The van der Waals surface area contributed by atoms with Gasteiger partial charge in [-0.1, -0.05) is 12.1 Å². The second kappa shape index (κ2) is 5.25. The first-order chi connectivity index (χ1) is 7.15. The van der Waals surface area contributed by atoms with Crippen molar-refractivity contribution in [3.63, 3.8) is 0 Å². The summed E-state index contributed by atoms with van der Waals surface area (Å²) in [5.74, 6) is -1.27. The van der Waals surface area contributed by atoms with Crippen LogP contribution in [0.1, 0.15) is 19.2 Å². The Morgan fingerprint density at radius 2 is 2.47 bits per heavy atom. The number of aliphatic carboxylic acids is 1. The lowest BCUT2D eigenvalue weighted by molar-refractivity contribution is -0.129. The fraction of sp³-hybridized carbons (Fsp3) is 0.429. The van der Waals surface area contributed by atoms with Gasteiger partial charge in [-0.15, -0.1) is 0 Å². The fourth-order valence-corrected chi connectivity index (χ4v) is 1.14. The van der Waals surface area contributed by atoms with E-state index in [1.807, 2.05) is 6.92 Å². The molecule has 1 aromatic rings.